The summed E-state index contributed by atoms with van der Waals surface area (Å²) >= 11 is 0. The smallest absolute Gasteiger partial charge is 0.307 e. The Labute approximate surface area is 79.3 Å². The molecule has 0 fully saturated rings. The van der Waals surface area contributed by atoms with E-state index in [0.717, 1.165) is 0 Å². The van der Waals surface area contributed by atoms with Gasteiger partial charge in [0.05, 0.1) is 6.42 Å². The molecule has 0 spiro atoms. The number of ether oxygens (including phenoxy) is 1. The molecule has 0 bridgehead atoms. The molecule has 0 saturated carbocycles. The van der Waals surface area contributed by atoms with E-state index in [4.69, 9.17) is 4.74 Å². The molecule has 0 unspecified atom stereocenters. The van der Waals surface area contributed by atoms with Gasteiger partial charge in [0.2, 0.25) is 0 Å². The lowest BCUT2D eigenvalue weighted by Crippen LogP contribution is -2.03. The van der Waals surface area contributed by atoms with Crippen molar-refractivity contribution in [3.8, 4) is 11.8 Å². The Kier molecular flexibility index (Phi) is 7.62. The predicted octanol–water partition coefficient (Wildman–Crippen LogP) is 2.08. The van der Waals surface area contributed by atoms with Crippen LogP contribution in [0.2, 0.25) is 0 Å². The molecular weight excluding hydrogens is 164 g/mol. The number of rotatable bonds is 5. The second kappa shape index (κ2) is 8.61. The number of carbonyl (C=O) groups is 1. The molecule has 0 radical (unpaired) electrons. The zero-order valence-corrected chi connectivity index (χ0v) is 7.71. The van der Waals surface area contributed by atoms with Crippen LogP contribution in [0.4, 0.5) is 0 Å². The third-order valence-electron chi connectivity index (χ3n) is 1.19. The summed E-state index contributed by atoms with van der Waals surface area (Å²) in [6.07, 6.45) is 4.83. The highest BCUT2D eigenvalue weighted by molar-refractivity contribution is 5.69. The fourth-order valence-electron chi connectivity index (χ4n) is 0.621. The standard InChI is InChI=1S/C11H14O2/c1-3-5-6-7-8-9-11(12)13-10-4-2/h3-4H,1-2,5,8-10H2. The van der Waals surface area contributed by atoms with Crippen LogP contribution in [0.25, 0.3) is 0 Å². The molecular formula is C11H14O2. The summed E-state index contributed by atoms with van der Waals surface area (Å²) in [4.78, 5) is 10.9. The van der Waals surface area contributed by atoms with E-state index in [0.29, 0.717) is 19.3 Å². The Morgan fingerprint density at radius 3 is 2.69 bits per heavy atom. The van der Waals surface area contributed by atoms with Gasteiger partial charge in [-0.25, -0.2) is 0 Å². The van der Waals surface area contributed by atoms with Crippen molar-refractivity contribution < 1.29 is 9.53 Å². The lowest BCUT2D eigenvalue weighted by Gasteiger charge is -1.97. The first-order valence-corrected chi connectivity index (χ1v) is 4.14. The number of esters is 1. The second-order valence-electron chi connectivity index (χ2n) is 2.32. The summed E-state index contributed by atoms with van der Waals surface area (Å²) < 4.78 is 4.75. The minimum atomic E-state index is -0.229. The van der Waals surface area contributed by atoms with Gasteiger partial charge in [0.25, 0.3) is 0 Å². The molecule has 2 nitrogen and oxygen atoms in total. The zero-order chi connectivity index (χ0) is 9.94. The molecule has 0 N–H and O–H groups in total. The summed E-state index contributed by atoms with van der Waals surface area (Å²) in [6.45, 7) is 7.24. The summed E-state index contributed by atoms with van der Waals surface area (Å²) in [5, 5.41) is 0. The lowest BCUT2D eigenvalue weighted by molar-refractivity contribution is -0.142. The third-order valence-corrected chi connectivity index (χ3v) is 1.19. The van der Waals surface area contributed by atoms with Crippen molar-refractivity contribution in [3.63, 3.8) is 0 Å². The van der Waals surface area contributed by atoms with E-state index in [1.165, 1.54) is 0 Å². The van der Waals surface area contributed by atoms with Crippen LogP contribution in [-0.4, -0.2) is 12.6 Å². The average molecular weight is 178 g/mol. The lowest BCUT2D eigenvalue weighted by atomic mass is 10.3. The monoisotopic (exact) mass is 178 g/mol. The first-order chi connectivity index (χ1) is 6.31. The molecule has 13 heavy (non-hydrogen) atoms. The van der Waals surface area contributed by atoms with Gasteiger partial charge in [-0.3, -0.25) is 4.79 Å². The number of carbonyl (C=O) groups excluding carboxylic acids is 1. The topological polar surface area (TPSA) is 26.3 Å². The molecule has 0 aromatic heterocycles. The molecule has 0 aromatic rings. The van der Waals surface area contributed by atoms with Crippen molar-refractivity contribution >= 4 is 5.97 Å². The van der Waals surface area contributed by atoms with Crippen LogP contribution in [0.3, 0.4) is 0 Å². The molecule has 0 heterocycles. The van der Waals surface area contributed by atoms with Crippen molar-refractivity contribution in [3.05, 3.63) is 25.3 Å². The molecule has 0 aromatic carbocycles. The van der Waals surface area contributed by atoms with Gasteiger partial charge in [-0.05, 0) is 0 Å². The first kappa shape index (κ1) is 11.5. The molecule has 0 amide bonds. The second-order valence-corrected chi connectivity index (χ2v) is 2.32. The minimum absolute atomic E-state index is 0.229. The summed E-state index contributed by atoms with van der Waals surface area (Å²) in [7, 11) is 0. The van der Waals surface area contributed by atoms with Crippen LogP contribution in [0.1, 0.15) is 19.3 Å². The van der Waals surface area contributed by atoms with Crippen molar-refractivity contribution in [1.29, 1.82) is 0 Å². The van der Waals surface area contributed by atoms with Gasteiger partial charge < -0.3 is 4.74 Å². The third kappa shape index (κ3) is 8.42. The van der Waals surface area contributed by atoms with Crippen LogP contribution in [0.5, 0.6) is 0 Å². The fourth-order valence-corrected chi connectivity index (χ4v) is 0.621. The normalized spacial score (nSPS) is 8.00. The first-order valence-electron chi connectivity index (χ1n) is 4.14. The Hall–Kier alpha value is -1.49. The zero-order valence-electron chi connectivity index (χ0n) is 7.71. The molecule has 70 valence electrons. The minimum Gasteiger partial charge on any atom is -0.461 e. The van der Waals surface area contributed by atoms with Gasteiger partial charge in [0.15, 0.2) is 0 Å². The van der Waals surface area contributed by atoms with E-state index in [-0.39, 0.29) is 12.6 Å². The average Bonchev–Trinajstić information content (AvgIpc) is 2.14. The van der Waals surface area contributed by atoms with E-state index in [2.05, 4.69) is 25.0 Å². The predicted molar refractivity (Wildman–Crippen MR) is 53.0 cm³/mol. The molecule has 0 aliphatic carbocycles. The summed E-state index contributed by atoms with van der Waals surface area (Å²) in [6, 6.07) is 0. The van der Waals surface area contributed by atoms with Gasteiger partial charge in [0, 0.05) is 12.8 Å². The Balaban J connectivity index is 3.42. The molecule has 0 aliphatic rings. The quantitative estimate of drug-likeness (QED) is 0.366. The Bertz CT molecular complexity index is 230. The van der Waals surface area contributed by atoms with Gasteiger partial charge >= 0.3 is 5.97 Å². The Morgan fingerprint density at radius 1 is 1.31 bits per heavy atom. The molecule has 0 rings (SSSR count). The van der Waals surface area contributed by atoms with Crippen LogP contribution < -0.4 is 0 Å². The highest BCUT2D eigenvalue weighted by Gasteiger charge is 1.97. The Morgan fingerprint density at radius 2 is 2.08 bits per heavy atom. The van der Waals surface area contributed by atoms with E-state index in [1.54, 1.807) is 12.2 Å². The van der Waals surface area contributed by atoms with Crippen molar-refractivity contribution in [1.82, 2.24) is 0 Å². The van der Waals surface area contributed by atoms with Crippen LogP contribution in [0, 0.1) is 11.8 Å². The van der Waals surface area contributed by atoms with Gasteiger partial charge in [-0.1, -0.05) is 24.7 Å². The summed E-state index contributed by atoms with van der Waals surface area (Å²) in [5.74, 6) is 5.47. The van der Waals surface area contributed by atoms with Crippen molar-refractivity contribution in [2.75, 3.05) is 6.61 Å². The maximum Gasteiger partial charge on any atom is 0.307 e. The van der Waals surface area contributed by atoms with Gasteiger partial charge in [-0.2, -0.15) is 0 Å². The van der Waals surface area contributed by atoms with E-state index in [9.17, 15) is 4.79 Å². The molecule has 0 aliphatic heterocycles. The molecule has 0 saturated heterocycles. The van der Waals surface area contributed by atoms with Crippen LogP contribution in [-0.2, 0) is 9.53 Å². The maximum atomic E-state index is 10.9. The van der Waals surface area contributed by atoms with Gasteiger partial charge in [-0.15, -0.1) is 12.5 Å². The SMILES string of the molecule is C=CCC#CCCC(=O)OCC=C. The molecule has 0 atom stereocenters. The number of hydrogen-bond donors (Lipinski definition) is 0. The van der Waals surface area contributed by atoms with E-state index in [1.807, 2.05) is 0 Å². The van der Waals surface area contributed by atoms with Crippen LogP contribution in [0.15, 0.2) is 25.3 Å². The van der Waals surface area contributed by atoms with Crippen molar-refractivity contribution in [2.24, 2.45) is 0 Å². The number of allylic oxidation sites excluding steroid dienone is 1. The largest absolute Gasteiger partial charge is 0.461 e. The highest BCUT2D eigenvalue weighted by Crippen LogP contribution is 1.91. The number of hydrogen-bond acceptors (Lipinski definition) is 2. The highest BCUT2D eigenvalue weighted by atomic mass is 16.5. The summed E-state index contributed by atoms with van der Waals surface area (Å²) in [5.41, 5.74) is 0. The van der Waals surface area contributed by atoms with E-state index >= 15 is 0 Å². The molecule has 2 heteroatoms. The van der Waals surface area contributed by atoms with Gasteiger partial charge in [0.1, 0.15) is 6.61 Å². The van der Waals surface area contributed by atoms with E-state index < -0.39 is 0 Å². The fraction of sp³-hybridized carbons (Fsp3) is 0.364. The maximum absolute atomic E-state index is 10.9. The van der Waals surface area contributed by atoms with Crippen molar-refractivity contribution in [2.45, 2.75) is 19.3 Å². The van der Waals surface area contributed by atoms with Crippen LogP contribution >= 0.6 is 0 Å².